The minimum absolute atomic E-state index is 0.137. The number of rotatable bonds is 5. The Morgan fingerprint density at radius 2 is 1.95 bits per heavy atom. The molecule has 1 N–H and O–H groups in total. The van der Waals surface area contributed by atoms with E-state index in [4.69, 9.17) is 4.42 Å². The molecule has 102 valence electrons. The summed E-state index contributed by atoms with van der Waals surface area (Å²) in [6.45, 7) is 0.804. The van der Waals surface area contributed by atoms with Crippen LogP contribution in [0, 0.1) is 11.6 Å². The second kappa shape index (κ2) is 6.21. The number of nitrogens with zero attached hydrogens (tertiary/aromatic N) is 2. The maximum atomic E-state index is 13.7. The quantitative estimate of drug-likeness (QED) is 0.856. The van der Waals surface area contributed by atoms with E-state index in [9.17, 15) is 8.78 Å². The van der Waals surface area contributed by atoms with Gasteiger partial charge in [-0.2, -0.15) is 0 Å². The monoisotopic (exact) mass is 331 g/mol. The van der Waals surface area contributed by atoms with Gasteiger partial charge in [-0.15, -0.1) is 10.2 Å². The van der Waals surface area contributed by atoms with Crippen molar-refractivity contribution in [3.8, 4) is 11.5 Å². The van der Waals surface area contributed by atoms with E-state index in [1.165, 1.54) is 0 Å². The summed E-state index contributed by atoms with van der Waals surface area (Å²) < 4.78 is 33.0. The molecule has 19 heavy (non-hydrogen) atoms. The molecule has 0 radical (unpaired) electrons. The van der Waals surface area contributed by atoms with Crippen molar-refractivity contribution in [2.24, 2.45) is 0 Å². The van der Waals surface area contributed by atoms with Crippen molar-refractivity contribution >= 4 is 15.9 Å². The molecule has 0 saturated carbocycles. The molecule has 7 heteroatoms. The Labute approximate surface area is 117 Å². The van der Waals surface area contributed by atoms with Crippen molar-refractivity contribution in [1.29, 1.82) is 0 Å². The van der Waals surface area contributed by atoms with Gasteiger partial charge in [0.05, 0.1) is 0 Å². The molecule has 0 saturated heterocycles. The first kappa shape index (κ1) is 14.1. The van der Waals surface area contributed by atoms with E-state index in [1.807, 2.05) is 7.05 Å². The summed E-state index contributed by atoms with van der Waals surface area (Å²) in [5, 5.41) is 10.4. The summed E-state index contributed by atoms with van der Waals surface area (Å²) in [5.41, 5.74) is -0.296. The Kier molecular flexibility index (Phi) is 4.60. The molecule has 2 aromatic rings. The molecule has 1 heterocycles. The van der Waals surface area contributed by atoms with Crippen molar-refractivity contribution in [1.82, 2.24) is 15.5 Å². The Balaban J connectivity index is 2.23. The second-order valence-corrected chi connectivity index (χ2v) is 4.87. The molecular formula is C12H12BrF2N3O. The number of hydrogen-bond donors (Lipinski definition) is 1. The fourth-order valence-electron chi connectivity index (χ4n) is 1.62. The zero-order chi connectivity index (χ0) is 13.8. The van der Waals surface area contributed by atoms with Crippen LogP contribution >= 0.6 is 15.9 Å². The van der Waals surface area contributed by atoms with Crippen molar-refractivity contribution in [2.75, 3.05) is 13.6 Å². The van der Waals surface area contributed by atoms with Crippen LogP contribution in [0.25, 0.3) is 11.5 Å². The maximum Gasteiger partial charge on any atom is 0.253 e. The Morgan fingerprint density at radius 3 is 2.58 bits per heavy atom. The predicted octanol–water partition coefficient (Wildman–Crippen LogP) is 2.93. The molecule has 0 amide bonds. The van der Waals surface area contributed by atoms with Gasteiger partial charge in [0.25, 0.3) is 5.89 Å². The van der Waals surface area contributed by atoms with Crippen LogP contribution in [0.15, 0.2) is 21.0 Å². The van der Waals surface area contributed by atoms with Crippen LogP contribution in [-0.4, -0.2) is 23.8 Å². The lowest BCUT2D eigenvalue weighted by molar-refractivity contribution is 0.486. The lowest BCUT2D eigenvalue weighted by atomic mass is 10.2. The third kappa shape index (κ3) is 3.36. The Bertz CT molecular complexity index is 551. The van der Waals surface area contributed by atoms with E-state index < -0.39 is 11.6 Å². The molecule has 0 atom stereocenters. The Hall–Kier alpha value is -1.34. The van der Waals surface area contributed by atoms with Gasteiger partial charge in [-0.3, -0.25) is 0 Å². The van der Waals surface area contributed by atoms with Crippen LogP contribution in [-0.2, 0) is 6.42 Å². The van der Waals surface area contributed by atoms with Crippen LogP contribution < -0.4 is 5.32 Å². The first-order valence-corrected chi connectivity index (χ1v) is 6.53. The molecule has 0 bridgehead atoms. The van der Waals surface area contributed by atoms with E-state index in [2.05, 4.69) is 31.4 Å². The molecule has 2 rings (SSSR count). The van der Waals surface area contributed by atoms with Gasteiger partial charge in [0.1, 0.15) is 17.2 Å². The number of benzene rings is 1. The Morgan fingerprint density at radius 1 is 1.26 bits per heavy atom. The molecular weight excluding hydrogens is 320 g/mol. The first-order chi connectivity index (χ1) is 9.11. The van der Waals surface area contributed by atoms with Gasteiger partial charge >= 0.3 is 0 Å². The number of halogens is 3. The molecule has 0 aliphatic rings. The average Bonchev–Trinajstić information content (AvgIpc) is 2.76. The summed E-state index contributed by atoms with van der Waals surface area (Å²) in [6, 6.07) is 2.31. The van der Waals surface area contributed by atoms with Crippen LogP contribution in [0.5, 0.6) is 0 Å². The van der Waals surface area contributed by atoms with Gasteiger partial charge in [0.2, 0.25) is 5.89 Å². The van der Waals surface area contributed by atoms with Crippen LogP contribution in [0.1, 0.15) is 12.3 Å². The number of aromatic nitrogens is 2. The van der Waals surface area contributed by atoms with Crippen LogP contribution in [0.3, 0.4) is 0 Å². The molecule has 0 fully saturated rings. The maximum absolute atomic E-state index is 13.7. The fraction of sp³-hybridized carbons (Fsp3) is 0.333. The standard InChI is InChI=1S/C12H12BrF2N3O/c1-16-4-2-3-10-17-18-12(19-10)11-8(14)5-7(13)6-9(11)15/h5-6,16H,2-4H2,1H3. The first-order valence-electron chi connectivity index (χ1n) is 5.73. The second-order valence-electron chi connectivity index (χ2n) is 3.95. The van der Waals surface area contributed by atoms with E-state index >= 15 is 0 Å². The highest BCUT2D eigenvalue weighted by Crippen LogP contribution is 2.28. The van der Waals surface area contributed by atoms with Crippen LogP contribution in [0.2, 0.25) is 0 Å². The van der Waals surface area contributed by atoms with Gasteiger partial charge in [0.15, 0.2) is 0 Å². The third-order valence-electron chi connectivity index (χ3n) is 2.51. The number of hydrogen-bond acceptors (Lipinski definition) is 4. The van der Waals surface area contributed by atoms with E-state index in [0.717, 1.165) is 25.1 Å². The van der Waals surface area contributed by atoms with Crippen molar-refractivity contribution in [2.45, 2.75) is 12.8 Å². The molecule has 4 nitrogen and oxygen atoms in total. The van der Waals surface area contributed by atoms with Crippen molar-refractivity contribution in [3.63, 3.8) is 0 Å². The third-order valence-corrected chi connectivity index (χ3v) is 2.96. The largest absolute Gasteiger partial charge is 0.420 e. The molecule has 1 aromatic heterocycles. The number of nitrogens with one attached hydrogen (secondary N) is 1. The zero-order valence-electron chi connectivity index (χ0n) is 10.2. The average molecular weight is 332 g/mol. The van der Waals surface area contributed by atoms with Crippen LogP contribution in [0.4, 0.5) is 8.78 Å². The predicted molar refractivity (Wildman–Crippen MR) is 69.6 cm³/mol. The molecule has 1 aromatic carbocycles. The summed E-state index contributed by atoms with van der Waals surface area (Å²) >= 11 is 3.01. The zero-order valence-corrected chi connectivity index (χ0v) is 11.8. The molecule has 0 aliphatic carbocycles. The van der Waals surface area contributed by atoms with Crippen molar-refractivity contribution < 1.29 is 13.2 Å². The summed E-state index contributed by atoms with van der Waals surface area (Å²) in [4.78, 5) is 0. The van der Waals surface area contributed by atoms with E-state index in [1.54, 1.807) is 0 Å². The highest BCUT2D eigenvalue weighted by molar-refractivity contribution is 9.10. The van der Waals surface area contributed by atoms with Gasteiger partial charge in [0, 0.05) is 10.9 Å². The van der Waals surface area contributed by atoms with Crippen molar-refractivity contribution in [3.05, 3.63) is 34.1 Å². The highest BCUT2D eigenvalue weighted by atomic mass is 79.9. The summed E-state index contributed by atoms with van der Waals surface area (Å²) in [6.07, 6.45) is 1.37. The van der Waals surface area contributed by atoms with E-state index in [0.29, 0.717) is 16.8 Å². The molecule has 0 unspecified atom stereocenters. The fourth-order valence-corrected chi connectivity index (χ4v) is 2.02. The summed E-state index contributed by atoms with van der Waals surface area (Å²) in [7, 11) is 1.84. The smallest absolute Gasteiger partial charge is 0.253 e. The van der Waals surface area contributed by atoms with Gasteiger partial charge in [-0.05, 0) is 32.1 Å². The lowest BCUT2D eigenvalue weighted by Crippen LogP contribution is -2.08. The SMILES string of the molecule is CNCCCc1nnc(-c2c(F)cc(Br)cc2F)o1. The minimum Gasteiger partial charge on any atom is -0.420 e. The minimum atomic E-state index is -0.739. The van der Waals surface area contributed by atoms with Gasteiger partial charge in [-0.1, -0.05) is 15.9 Å². The lowest BCUT2D eigenvalue weighted by Gasteiger charge is -2.00. The molecule has 0 spiro atoms. The normalized spacial score (nSPS) is 10.9. The number of aryl methyl sites for hydroxylation is 1. The highest BCUT2D eigenvalue weighted by Gasteiger charge is 2.18. The van der Waals surface area contributed by atoms with E-state index in [-0.39, 0.29) is 11.5 Å². The topological polar surface area (TPSA) is 51.0 Å². The summed E-state index contributed by atoms with van der Waals surface area (Å²) in [5.74, 6) is -1.25. The van der Waals surface area contributed by atoms with Gasteiger partial charge < -0.3 is 9.73 Å². The van der Waals surface area contributed by atoms with Gasteiger partial charge in [-0.25, -0.2) is 8.78 Å². The molecule has 0 aliphatic heterocycles.